The molecule has 0 N–H and O–H groups in total. The average Bonchev–Trinajstić information content (AvgIpc) is 2.41. The van der Waals surface area contributed by atoms with E-state index in [2.05, 4.69) is 79.6 Å². The number of hydrogen-bond donors (Lipinski definition) is 0. The average molecular weight is 615 g/mol. The Hall–Kier alpha value is 0.700. The van der Waals surface area contributed by atoms with Gasteiger partial charge in [0.15, 0.2) is 0 Å². The smallest absolute Gasteiger partial charge is 0.138 e. The summed E-state index contributed by atoms with van der Waals surface area (Å²) in [7, 11) is 0. The van der Waals surface area contributed by atoms with Crippen molar-refractivity contribution in [2.24, 2.45) is 0 Å². The van der Waals surface area contributed by atoms with Gasteiger partial charge in [0.1, 0.15) is 12.5 Å². The molecule has 0 aliphatic heterocycles. The second kappa shape index (κ2) is 9.11. The van der Waals surface area contributed by atoms with Gasteiger partial charge in [0.05, 0.1) is 4.47 Å². The summed E-state index contributed by atoms with van der Waals surface area (Å²) in [4.78, 5) is 0. The van der Waals surface area contributed by atoms with Crippen molar-refractivity contribution in [3.63, 3.8) is 0 Å². The zero-order valence-corrected chi connectivity index (χ0v) is 18.6. The molecule has 0 amide bonds. The van der Waals surface area contributed by atoms with Gasteiger partial charge in [0.25, 0.3) is 0 Å². The fourth-order valence-corrected chi connectivity index (χ4v) is 3.75. The van der Waals surface area contributed by atoms with E-state index in [9.17, 15) is 8.78 Å². The fraction of sp³-hybridized carbons (Fsp3) is 0.143. The molecule has 0 fully saturated rings. The molecule has 0 unspecified atom stereocenters. The van der Waals surface area contributed by atoms with Crippen LogP contribution in [0, 0.1) is 12.7 Å². The normalized spacial score (nSPS) is 10.1. The van der Waals surface area contributed by atoms with E-state index in [-0.39, 0.29) is 5.82 Å². The quantitative estimate of drug-likeness (QED) is 0.285. The molecule has 0 saturated heterocycles. The van der Waals surface area contributed by atoms with Crippen molar-refractivity contribution in [1.82, 2.24) is 0 Å². The molecule has 0 atom stereocenters. The number of hydrogen-bond acceptors (Lipinski definition) is 0. The lowest BCUT2D eigenvalue weighted by molar-refractivity contribution is 0.483. The van der Waals surface area contributed by atoms with E-state index in [0.717, 1.165) is 23.5 Å². The molecule has 0 spiro atoms. The van der Waals surface area contributed by atoms with E-state index in [1.807, 2.05) is 13.0 Å². The van der Waals surface area contributed by atoms with Crippen LogP contribution in [0.5, 0.6) is 0 Å². The first-order valence-electron chi connectivity index (χ1n) is 5.56. The first-order chi connectivity index (χ1) is 9.76. The molecule has 0 aromatic heterocycles. The van der Waals surface area contributed by atoms with E-state index < -0.39 is 6.67 Å². The first-order valence-corrected chi connectivity index (χ1v) is 9.53. The molecule has 21 heavy (non-hydrogen) atoms. The van der Waals surface area contributed by atoms with Gasteiger partial charge in [-0.1, -0.05) is 31.9 Å². The summed E-state index contributed by atoms with van der Waals surface area (Å²) >= 11 is 16.1. The molecule has 0 heterocycles. The first kappa shape index (κ1) is 19.7. The highest BCUT2D eigenvalue weighted by Crippen LogP contribution is 2.31. The van der Waals surface area contributed by atoms with Crippen LogP contribution < -0.4 is 0 Å². The van der Waals surface area contributed by atoms with Crippen molar-refractivity contribution >= 4 is 79.6 Å². The van der Waals surface area contributed by atoms with Crippen LogP contribution in [0.2, 0.25) is 0 Å². The standard InChI is InChI=1S/C7H4Br3F.C7H5Br2F/c8-5-1-4(3-11)7(10)6(9)2-5;1-4-2-6(9)7(10)3-5(4)8/h1-2H,3H2;2-3H,1H3. The predicted octanol–water partition coefficient (Wildman–Crippen LogP) is 8.10. The third kappa shape index (κ3) is 6.01. The Morgan fingerprint density at radius 1 is 0.857 bits per heavy atom. The molecule has 7 heteroatoms. The molecule has 114 valence electrons. The van der Waals surface area contributed by atoms with Crippen molar-refractivity contribution in [1.29, 1.82) is 0 Å². The Balaban J connectivity index is 0.000000211. The number of benzene rings is 2. The second-order valence-electron chi connectivity index (χ2n) is 4.01. The molecule has 2 aromatic rings. The summed E-state index contributed by atoms with van der Waals surface area (Å²) in [6.07, 6.45) is 0. The van der Waals surface area contributed by atoms with Crippen molar-refractivity contribution in [2.75, 3.05) is 0 Å². The summed E-state index contributed by atoms with van der Waals surface area (Å²) in [5.41, 5.74) is 1.67. The lowest BCUT2D eigenvalue weighted by Gasteiger charge is -2.02. The fourth-order valence-electron chi connectivity index (χ4n) is 1.33. The molecule has 2 rings (SSSR count). The number of aryl methyl sites for hydroxylation is 1. The number of rotatable bonds is 1. The molecule has 0 nitrogen and oxygen atoms in total. The van der Waals surface area contributed by atoms with Crippen molar-refractivity contribution in [2.45, 2.75) is 13.6 Å². The monoisotopic (exact) mass is 610 g/mol. The Bertz CT molecular complexity index is 593. The van der Waals surface area contributed by atoms with E-state index in [0.29, 0.717) is 10.0 Å². The molecule has 0 aliphatic rings. The van der Waals surface area contributed by atoms with Gasteiger partial charge in [-0.05, 0) is 90.1 Å². The molecule has 0 bridgehead atoms. The zero-order chi connectivity index (χ0) is 16.2. The van der Waals surface area contributed by atoms with E-state index in [1.54, 1.807) is 12.1 Å². The van der Waals surface area contributed by atoms with Gasteiger partial charge in [0, 0.05) is 17.9 Å². The third-order valence-corrected chi connectivity index (χ3v) is 6.43. The second-order valence-corrected chi connectivity index (χ2v) is 8.28. The van der Waals surface area contributed by atoms with Crippen LogP contribution in [-0.4, -0.2) is 0 Å². The van der Waals surface area contributed by atoms with Crippen LogP contribution in [0.3, 0.4) is 0 Å². The Labute approximate surface area is 164 Å². The maximum Gasteiger partial charge on any atom is 0.138 e. The molecule has 2 aromatic carbocycles. The predicted molar refractivity (Wildman–Crippen MR) is 101 cm³/mol. The third-order valence-electron chi connectivity index (χ3n) is 2.41. The van der Waals surface area contributed by atoms with Crippen LogP contribution in [0.25, 0.3) is 0 Å². The molecule has 0 radical (unpaired) electrons. The maximum absolute atomic E-state index is 12.7. The minimum Gasteiger partial charge on any atom is -0.246 e. The Morgan fingerprint density at radius 3 is 2.00 bits per heavy atom. The van der Waals surface area contributed by atoms with Crippen LogP contribution in [0.15, 0.2) is 46.6 Å². The van der Waals surface area contributed by atoms with Crippen LogP contribution in [-0.2, 0) is 6.67 Å². The van der Waals surface area contributed by atoms with Gasteiger partial charge in [-0.2, -0.15) is 0 Å². The summed E-state index contributed by atoms with van der Waals surface area (Å²) in [6.45, 7) is 1.45. The molecule has 0 aliphatic carbocycles. The highest BCUT2D eigenvalue weighted by Gasteiger charge is 2.04. The van der Waals surface area contributed by atoms with E-state index >= 15 is 0 Å². The maximum atomic E-state index is 12.7. The Kier molecular flexibility index (Phi) is 8.56. The zero-order valence-electron chi connectivity index (χ0n) is 10.7. The topological polar surface area (TPSA) is 0 Å². The largest absolute Gasteiger partial charge is 0.246 e. The number of halogens is 7. The lowest BCUT2D eigenvalue weighted by Crippen LogP contribution is -1.82. The molecular weight excluding hydrogens is 606 g/mol. The summed E-state index contributed by atoms with van der Waals surface area (Å²) in [5.74, 6) is -0.238. The van der Waals surface area contributed by atoms with E-state index in [4.69, 9.17) is 0 Å². The number of alkyl halides is 1. The highest BCUT2D eigenvalue weighted by molar-refractivity contribution is 9.13. The Morgan fingerprint density at radius 2 is 1.48 bits per heavy atom. The van der Waals surface area contributed by atoms with Gasteiger partial charge in [-0.15, -0.1) is 0 Å². The summed E-state index contributed by atoms with van der Waals surface area (Å²) in [5, 5.41) is 0. The summed E-state index contributed by atoms with van der Waals surface area (Å²) in [6, 6.07) is 6.79. The van der Waals surface area contributed by atoms with Crippen molar-refractivity contribution in [3.8, 4) is 0 Å². The van der Waals surface area contributed by atoms with Gasteiger partial charge in [-0.25, -0.2) is 8.78 Å². The van der Waals surface area contributed by atoms with Crippen LogP contribution >= 0.6 is 79.6 Å². The SMILES string of the molecule is Cc1cc(Br)c(F)cc1Br.FCc1cc(Br)cc(Br)c1Br. The summed E-state index contributed by atoms with van der Waals surface area (Å²) < 4.78 is 28.8. The highest BCUT2D eigenvalue weighted by atomic mass is 79.9. The van der Waals surface area contributed by atoms with Crippen LogP contribution in [0.4, 0.5) is 8.78 Å². The van der Waals surface area contributed by atoms with Crippen molar-refractivity contribution in [3.05, 3.63) is 63.6 Å². The van der Waals surface area contributed by atoms with Gasteiger partial charge < -0.3 is 0 Å². The molecule has 0 saturated carbocycles. The lowest BCUT2D eigenvalue weighted by atomic mass is 10.2. The van der Waals surface area contributed by atoms with Gasteiger partial charge in [-0.3, -0.25) is 0 Å². The minimum absolute atomic E-state index is 0.238. The minimum atomic E-state index is -0.460. The molecular formula is C14H9Br5F2. The van der Waals surface area contributed by atoms with E-state index in [1.165, 1.54) is 6.07 Å². The van der Waals surface area contributed by atoms with Gasteiger partial charge in [0.2, 0.25) is 0 Å². The van der Waals surface area contributed by atoms with Gasteiger partial charge >= 0.3 is 0 Å². The van der Waals surface area contributed by atoms with Crippen LogP contribution in [0.1, 0.15) is 11.1 Å². The van der Waals surface area contributed by atoms with Crippen molar-refractivity contribution < 1.29 is 8.78 Å².